The minimum atomic E-state index is -5.36. The summed E-state index contributed by atoms with van der Waals surface area (Å²) in [5, 5.41) is 13.6. The van der Waals surface area contributed by atoms with Crippen molar-refractivity contribution in [3.63, 3.8) is 0 Å². The van der Waals surface area contributed by atoms with Crippen molar-refractivity contribution in [3.8, 4) is 0 Å². The van der Waals surface area contributed by atoms with Gasteiger partial charge in [-0.05, 0) is 10.6 Å². The van der Waals surface area contributed by atoms with Crippen molar-refractivity contribution in [2.75, 3.05) is 5.73 Å². The molecule has 0 saturated carbocycles. The molecule has 0 amide bonds. The summed E-state index contributed by atoms with van der Waals surface area (Å²) in [6.45, 7) is 0. The van der Waals surface area contributed by atoms with Crippen molar-refractivity contribution >= 4 is 38.7 Å². The molecule has 0 radical (unpaired) electrons. The van der Waals surface area contributed by atoms with Crippen LogP contribution in [0.2, 0.25) is 0 Å². The van der Waals surface area contributed by atoms with E-state index in [0.717, 1.165) is 4.57 Å². The van der Waals surface area contributed by atoms with Crippen LogP contribution in [-0.4, -0.2) is 62.7 Å². The summed E-state index contributed by atoms with van der Waals surface area (Å²) in [7, 11) is -10.7. The topological polar surface area (TPSA) is 301 Å². The number of aromatic nitrogens is 4. The summed E-state index contributed by atoms with van der Waals surface area (Å²) in [6.07, 6.45) is -7.70. The van der Waals surface area contributed by atoms with Crippen molar-refractivity contribution in [1.82, 2.24) is 19.5 Å². The quantitative estimate of drug-likeness (QED) is 0.0801. The van der Waals surface area contributed by atoms with Crippen LogP contribution < -0.4 is 11.3 Å². The van der Waals surface area contributed by atoms with Crippen molar-refractivity contribution in [1.29, 1.82) is 0 Å². The molecule has 1 aliphatic rings. The monoisotopic (exact) mass is 484 g/mol. The van der Waals surface area contributed by atoms with Crippen molar-refractivity contribution < 1.29 is 47.6 Å². The number of nitrogen functional groups attached to an aromatic ring is 1. The summed E-state index contributed by atoms with van der Waals surface area (Å²) in [6, 6.07) is 0. The number of imidazole rings is 1. The molecule has 8 N–H and O–H groups in total. The van der Waals surface area contributed by atoms with Gasteiger partial charge in [-0.3, -0.25) is 23.4 Å². The van der Waals surface area contributed by atoms with Crippen molar-refractivity contribution in [2.45, 2.75) is 31.1 Å². The van der Waals surface area contributed by atoms with Crippen LogP contribution in [0.3, 0.4) is 0 Å². The first kappa shape index (κ1) is 23.3. The smallest absolute Gasteiger partial charge is 0.390 e. The molecule has 1 saturated heterocycles. The zero-order valence-electron chi connectivity index (χ0n) is 14.9. The van der Waals surface area contributed by atoms with Crippen LogP contribution in [0.25, 0.3) is 21.6 Å². The number of aliphatic hydroxyl groups excluding tert-OH is 1. The van der Waals surface area contributed by atoms with Gasteiger partial charge in [-0.2, -0.15) is 4.98 Å². The highest BCUT2D eigenvalue weighted by Gasteiger charge is 2.47. The van der Waals surface area contributed by atoms with Crippen LogP contribution in [0, 0.1) is 0 Å². The number of fused-ring (bicyclic) bond motifs is 1. The molecule has 170 valence electrons. The third kappa shape index (κ3) is 5.27. The van der Waals surface area contributed by atoms with E-state index in [1.54, 1.807) is 0 Å². The first-order valence-electron chi connectivity index (χ1n) is 7.93. The molecule has 19 nitrogen and oxygen atoms in total. The first-order chi connectivity index (χ1) is 14.3. The molecule has 0 aliphatic carbocycles. The van der Waals surface area contributed by atoms with Crippen LogP contribution in [0.1, 0.15) is 12.6 Å². The largest absolute Gasteiger partial charge is 0.472 e. The third-order valence-electron chi connectivity index (χ3n) is 3.86. The van der Waals surface area contributed by atoms with Crippen molar-refractivity contribution in [2.24, 2.45) is 5.11 Å². The molecule has 0 aromatic carbocycles. The van der Waals surface area contributed by atoms with Crippen LogP contribution in [0.15, 0.2) is 9.91 Å². The van der Waals surface area contributed by atoms with Gasteiger partial charge >= 0.3 is 15.6 Å². The summed E-state index contributed by atoms with van der Waals surface area (Å²) < 4.78 is 37.1. The number of phosphoric acid groups is 2. The average molecular weight is 484 g/mol. The number of ether oxygens (including phenoxy) is 1. The molecule has 21 heteroatoms. The summed E-state index contributed by atoms with van der Waals surface area (Å²) in [5.74, 6) is -0.781. The number of H-pyrrole nitrogens is 1. The lowest BCUT2D eigenvalue weighted by Gasteiger charge is -2.26. The van der Waals surface area contributed by atoms with E-state index in [4.69, 9.17) is 35.6 Å². The number of nitrogens with two attached hydrogens (primary N) is 1. The number of nitrogens with zero attached hydrogens (tertiary/aromatic N) is 6. The van der Waals surface area contributed by atoms with Gasteiger partial charge in [-0.25, -0.2) is 14.1 Å². The van der Waals surface area contributed by atoms with Crippen LogP contribution >= 0.6 is 15.6 Å². The van der Waals surface area contributed by atoms with Gasteiger partial charge in [0.05, 0.1) is 6.10 Å². The maximum absolute atomic E-state index is 12.0. The number of hydrogen-bond acceptors (Lipinski definition) is 11. The number of aliphatic hydroxyl groups is 1. The normalized spacial score (nSPS) is 22.2. The van der Waals surface area contributed by atoms with E-state index in [-0.39, 0.29) is 17.1 Å². The standard InChI is InChI=1S/C10H14N8O11P2/c11-9-14-6-4(7(20)15-9)13-10(16-17-12)18(6)3-1-2(19)5(27-3)8(28-30(21,22)23)29-31(24,25)26/h2-3,5,8,19H,1H2,(H2,21,22,23)(H2,24,25,26)(H3,11,14,15,20)/t2-,3+,5-/m0/s1. The van der Waals surface area contributed by atoms with Crippen molar-refractivity contribution in [3.05, 3.63) is 20.8 Å². The van der Waals surface area contributed by atoms with E-state index >= 15 is 0 Å². The molecule has 3 atom stereocenters. The van der Waals surface area contributed by atoms with Gasteiger partial charge in [-0.15, -0.1) is 0 Å². The summed E-state index contributed by atoms with van der Waals surface area (Å²) >= 11 is 0. The Morgan fingerprint density at radius 1 is 1.29 bits per heavy atom. The maximum Gasteiger partial charge on any atom is 0.472 e. The maximum atomic E-state index is 12.0. The Kier molecular flexibility index (Phi) is 6.21. The van der Waals surface area contributed by atoms with Crippen LogP contribution in [0.5, 0.6) is 0 Å². The molecule has 31 heavy (non-hydrogen) atoms. The average Bonchev–Trinajstić information content (AvgIpc) is 3.12. The number of nitrogens with one attached hydrogen (secondary N) is 1. The Labute approximate surface area is 169 Å². The van der Waals surface area contributed by atoms with Gasteiger partial charge in [-0.1, -0.05) is 0 Å². The predicted molar refractivity (Wildman–Crippen MR) is 95.9 cm³/mol. The second-order valence-electron chi connectivity index (χ2n) is 6.01. The lowest BCUT2D eigenvalue weighted by atomic mass is 10.2. The number of azide groups is 1. The molecule has 3 heterocycles. The number of aromatic amines is 1. The molecule has 1 fully saturated rings. The fourth-order valence-corrected chi connectivity index (χ4v) is 3.79. The van der Waals surface area contributed by atoms with E-state index < -0.39 is 58.3 Å². The van der Waals surface area contributed by atoms with Gasteiger partial charge in [0.25, 0.3) is 5.56 Å². The molecular formula is C10H14N8O11P2. The lowest BCUT2D eigenvalue weighted by molar-refractivity contribution is -0.154. The van der Waals surface area contributed by atoms with Gasteiger partial charge in [0.1, 0.15) is 12.3 Å². The summed E-state index contributed by atoms with van der Waals surface area (Å²) in [4.78, 5) is 60.4. The van der Waals surface area contributed by atoms with Gasteiger partial charge in [0.2, 0.25) is 18.2 Å². The fraction of sp³-hybridized carbons (Fsp3) is 0.500. The highest BCUT2D eigenvalue weighted by atomic mass is 31.2. The van der Waals surface area contributed by atoms with Gasteiger partial charge in [0.15, 0.2) is 11.2 Å². The Bertz CT molecular complexity index is 1170. The zero-order chi connectivity index (χ0) is 23.1. The van der Waals surface area contributed by atoms with E-state index in [9.17, 15) is 19.0 Å². The lowest BCUT2D eigenvalue weighted by Crippen LogP contribution is -2.37. The van der Waals surface area contributed by atoms with Gasteiger partial charge in [0, 0.05) is 11.3 Å². The second kappa shape index (κ2) is 8.27. The minimum absolute atomic E-state index is 0.232. The molecule has 0 bridgehead atoms. The molecule has 1 aliphatic heterocycles. The fourth-order valence-electron chi connectivity index (χ4n) is 2.86. The Morgan fingerprint density at radius 2 is 1.90 bits per heavy atom. The third-order valence-corrected chi connectivity index (χ3v) is 4.82. The molecule has 2 aromatic rings. The number of rotatable bonds is 7. The first-order valence-corrected chi connectivity index (χ1v) is 11.0. The highest BCUT2D eigenvalue weighted by Crippen LogP contribution is 2.48. The number of anilines is 1. The minimum Gasteiger partial charge on any atom is -0.390 e. The molecular weight excluding hydrogens is 470 g/mol. The predicted octanol–water partition coefficient (Wildman–Crippen LogP) is -1.16. The van der Waals surface area contributed by atoms with Crippen LogP contribution in [-0.2, 0) is 22.9 Å². The Balaban J connectivity index is 2.04. The Hall–Kier alpha value is -2.40. The number of hydrogen-bond donors (Lipinski definition) is 7. The summed E-state index contributed by atoms with van der Waals surface area (Å²) in [5.41, 5.74) is 12.9. The molecule has 3 rings (SSSR count). The van der Waals surface area contributed by atoms with Gasteiger partial charge < -0.3 is 35.2 Å². The zero-order valence-corrected chi connectivity index (χ0v) is 16.6. The van der Waals surface area contributed by atoms with E-state index in [1.165, 1.54) is 0 Å². The van der Waals surface area contributed by atoms with Crippen LogP contribution in [0.4, 0.5) is 11.9 Å². The van der Waals surface area contributed by atoms with E-state index in [0.29, 0.717) is 0 Å². The number of phosphoric ester groups is 2. The second-order valence-corrected chi connectivity index (χ2v) is 8.40. The Morgan fingerprint density at radius 3 is 2.45 bits per heavy atom. The van der Waals surface area contributed by atoms with E-state index in [2.05, 4.69) is 34.0 Å². The highest BCUT2D eigenvalue weighted by molar-refractivity contribution is 7.47. The molecule has 2 aromatic heterocycles. The SMILES string of the molecule is [N-]=[N+]=Nc1nc2c(=O)[nH]c(N)nc2n1[C@H]1C[C@H](O)[C@@H](C(OP(=O)(O)O)OP(=O)(O)O)O1. The molecule has 0 unspecified atom stereocenters. The van der Waals surface area contributed by atoms with E-state index in [1.807, 2.05) is 0 Å². The molecule has 0 spiro atoms.